The van der Waals surface area contributed by atoms with Crippen LogP contribution in [0.3, 0.4) is 0 Å². The Morgan fingerprint density at radius 3 is 2.39 bits per heavy atom. The number of hydrogen-bond donors (Lipinski definition) is 1. The fraction of sp³-hybridized carbons (Fsp3) is 0.222. The summed E-state index contributed by atoms with van der Waals surface area (Å²) in [6.07, 6.45) is 0. The molecule has 23 heavy (non-hydrogen) atoms. The molecule has 2 aromatic carbocycles. The largest absolute Gasteiger partial charge is 0.497 e. The minimum absolute atomic E-state index is 0.0732. The van der Waals surface area contributed by atoms with Crippen molar-refractivity contribution in [3.05, 3.63) is 53.6 Å². The van der Waals surface area contributed by atoms with E-state index in [2.05, 4.69) is 16.6 Å². The molecule has 0 atom stereocenters. The molecule has 0 saturated heterocycles. The van der Waals surface area contributed by atoms with E-state index in [0.29, 0.717) is 5.04 Å². The Labute approximate surface area is 140 Å². The van der Waals surface area contributed by atoms with Gasteiger partial charge in [0, 0.05) is 11.8 Å². The predicted molar refractivity (Wildman–Crippen MR) is 96.5 cm³/mol. The molecule has 0 spiro atoms. The van der Waals surface area contributed by atoms with Crippen LogP contribution in [0.15, 0.2) is 52.5 Å². The lowest BCUT2D eigenvalue weighted by molar-refractivity contribution is -0.110. The molecule has 2 aromatic rings. The normalized spacial score (nSPS) is 11.2. The van der Waals surface area contributed by atoms with Crippen LogP contribution in [-0.4, -0.2) is 17.9 Å². The maximum Gasteiger partial charge on any atom is 0.186 e. The molecule has 5 heteroatoms. The van der Waals surface area contributed by atoms with Gasteiger partial charge in [-0.15, -0.1) is 0 Å². The summed E-state index contributed by atoms with van der Waals surface area (Å²) in [4.78, 5) is 12.9. The molecule has 0 aliphatic heterocycles. The Balaban J connectivity index is 2.15. The van der Waals surface area contributed by atoms with Crippen LogP contribution >= 0.6 is 11.8 Å². The summed E-state index contributed by atoms with van der Waals surface area (Å²) in [5, 5.41) is 4.67. The average molecular weight is 328 g/mol. The molecule has 4 nitrogen and oxygen atoms in total. The first-order valence-corrected chi connectivity index (χ1v) is 8.05. The van der Waals surface area contributed by atoms with Crippen molar-refractivity contribution < 1.29 is 9.53 Å². The van der Waals surface area contributed by atoms with Crippen molar-refractivity contribution in [2.45, 2.75) is 25.7 Å². The second kappa shape index (κ2) is 7.83. The lowest BCUT2D eigenvalue weighted by Crippen LogP contribution is -2.08. The molecule has 120 valence electrons. The molecule has 0 aliphatic carbocycles. The maximum atomic E-state index is 11.8. The highest BCUT2D eigenvalue weighted by atomic mass is 32.2. The fourth-order valence-corrected chi connectivity index (χ4v) is 2.77. The van der Waals surface area contributed by atoms with Crippen molar-refractivity contribution in [3.63, 3.8) is 0 Å². The van der Waals surface area contributed by atoms with E-state index in [1.54, 1.807) is 7.11 Å². The molecule has 0 fully saturated rings. The van der Waals surface area contributed by atoms with Gasteiger partial charge in [-0.3, -0.25) is 10.2 Å². The summed E-state index contributed by atoms with van der Waals surface area (Å²) in [5.74, 6) is 0.701. The summed E-state index contributed by atoms with van der Waals surface area (Å²) < 4.78 is 5.11. The molecule has 2 rings (SSSR count). The molecule has 0 unspecified atom stereocenters. The van der Waals surface area contributed by atoms with Gasteiger partial charge >= 0.3 is 0 Å². The van der Waals surface area contributed by atoms with E-state index in [1.807, 2.05) is 50.2 Å². The number of nitrogens with one attached hydrogen (secondary N) is 1. The Kier molecular flexibility index (Phi) is 5.82. The minimum atomic E-state index is -0.0732. The van der Waals surface area contributed by atoms with E-state index >= 15 is 0 Å². The number of aryl methyl sites for hydroxylation is 2. The molecule has 0 radical (unpaired) electrons. The number of thioether (sulfide) groups is 1. The first kappa shape index (κ1) is 17.1. The molecule has 0 amide bonds. The highest BCUT2D eigenvalue weighted by Gasteiger charge is 2.10. The van der Waals surface area contributed by atoms with Crippen LogP contribution in [0.2, 0.25) is 0 Å². The standard InChI is InChI=1S/C18H20N2O2S/c1-12-5-10-17(13(2)11-12)23-18(14(3)21)20-19-15-6-8-16(22-4)9-7-15/h5-11,19H,1-4H3/b20-18+. The van der Waals surface area contributed by atoms with Gasteiger partial charge in [-0.05, 0) is 49.7 Å². The van der Waals surface area contributed by atoms with Gasteiger partial charge in [-0.1, -0.05) is 29.5 Å². The van der Waals surface area contributed by atoms with Gasteiger partial charge in [0.15, 0.2) is 10.8 Å². The fourth-order valence-electron chi connectivity index (χ4n) is 1.97. The first-order chi connectivity index (χ1) is 11.0. The zero-order valence-electron chi connectivity index (χ0n) is 13.7. The van der Waals surface area contributed by atoms with E-state index in [0.717, 1.165) is 21.9 Å². The first-order valence-electron chi connectivity index (χ1n) is 7.23. The molecular formula is C18H20N2O2S. The zero-order chi connectivity index (χ0) is 16.8. The lowest BCUT2D eigenvalue weighted by Gasteiger charge is -2.08. The molecule has 1 N–H and O–H groups in total. The highest BCUT2D eigenvalue weighted by Crippen LogP contribution is 2.25. The number of anilines is 1. The van der Waals surface area contributed by atoms with Crippen molar-refractivity contribution in [2.24, 2.45) is 5.10 Å². The summed E-state index contributed by atoms with van der Waals surface area (Å²) in [5.41, 5.74) is 6.05. The molecular weight excluding hydrogens is 308 g/mol. The van der Waals surface area contributed by atoms with Crippen LogP contribution in [-0.2, 0) is 4.79 Å². The highest BCUT2D eigenvalue weighted by molar-refractivity contribution is 8.15. The third-order valence-electron chi connectivity index (χ3n) is 3.21. The Morgan fingerprint density at radius 2 is 1.83 bits per heavy atom. The van der Waals surface area contributed by atoms with Crippen molar-refractivity contribution >= 4 is 28.3 Å². The number of ketones is 1. The van der Waals surface area contributed by atoms with Crippen LogP contribution < -0.4 is 10.2 Å². The summed E-state index contributed by atoms with van der Waals surface area (Å²) in [6, 6.07) is 13.5. The number of ether oxygens (including phenoxy) is 1. The monoisotopic (exact) mass is 328 g/mol. The number of carbonyl (C=O) groups excluding carboxylic acids is 1. The van der Waals surface area contributed by atoms with Gasteiger partial charge in [0.05, 0.1) is 12.8 Å². The number of carbonyl (C=O) groups is 1. The smallest absolute Gasteiger partial charge is 0.186 e. The minimum Gasteiger partial charge on any atom is -0.497 e. The van der Waals surface area contributed by atoms with Gasteiger partial charge in [-0.2, -0.15) is 5.10 Å². The van der Waals surface area contributed by atoms with Crippen molar-refractivity contribution in [2.75, 3.05) is 12.5 Å². The third kappa shape index (κ3) is 4.86. The van der Waals surface area contributed by atoms with Gasteiger partial charge in [0.25, 0.3) is 0 Å². The Bertz CT molecular complexity index is 724. The maximum absolute atomic E-state index is 11.8. The van der Waals surface area contributed by atoms with E-state index < -0.39 is 0 Å². The van der Waals surface area contributed by atoms with Gasteiger partial charge in [0.2, 0.25) is 0 Å². The number of benzene rings is 2. The molecule has 0 saturated carbocycles. The average Bonchev–Trinajstić information content (AvgIpc) is 2.53. The second-order valence-corrected chi connectivity index (χ2v) is 6.22. The molecule has 0 bridgehead atoms. The van der Waals surface area contributed by atoms with Crippen LogP contribution in [0, 0.1) is 13.8 Å². The lowest BCUT2D eigenvalue weighted by atomic mass is 10.2. The Morgan fingerprint density at radius 1 is 1.13 bits per heavy atom. The molecule has 0 heterocycles. The number of hydrogen-bond acceptors (Lipinski definition) is 5. The predicted octanol–water partition coefficient (Wildman–Crippen LogP) is 4.42. The van der Waals surface area contributed by atoms with E-state index in [-0.39, 0.29) is 5.78 Å². The summed E-state index contributed by atoms with van der Waals surface area (Å²) in [7, 11) is 1.62. The van der Waals surface area contributed by atoms with E-state index in [9.17, 15) is 4.79 Å². The van der Waals surface area contributed by atoms with E-state index in [4.69, 9.17) is 4.74 Å². The number of nitrogens with zero attached hydrogens (tertiary/aromatic N) is 1. The Hall–Kier alpha value is -2.27. The van der Waals surface area contributed by atoms with Gasteiger partial charge in [-0.25, -0.2) is 0 Å². The topological polar surface area (TPSA) is 50.7 Å². The van der Waals surface area contributed by atoms with Crippen molar-refractivity contribution in [1.82, 2.24) is 0 Å². The van der Waals surface area contributed by atoms with Crippen LogP contribution in [0.4, 0.5) is 5.69 Å². The van der Waals surface area contributed by atoms with E-state index in [1.165, 1.54) is 24.2 Å². The third-order valence-corrected chi connectivity index (χ3v) is 4.46. The summed E-state index contributed by atoms with van der Waals surface area (Å²) in [6.45, 7) is 5.60. The number of hydrazone groups is 1. The number of Topliss-reactive ketones (excluding diaryl/α,β-unsaturated/α-hetero) is 1. The second-order valence-electron chi connectivity index (χ2n) is 5.18. The van der Waals surface area contributed by atoms with Gasteiger partial charge < -0.3 is 4.74 Å². The van der Waals surface area contributed by atoms with Crippen LogP contribution in [0.5, 0.6) is 5.75 Å². The number of rotatable bonds is 5. The van der Waals surface area contributed by atoms with Gasteiger partial charge in [0.1, 0.15) is 5.75 Å². The van der Waals surface area contributed by atoms with Crippen LogP contribution in [0.1, 0.15) is 18.1 Å². The van der Waals surface area contributed by atoms with Crippen LogP contribution in [0.25, 0.3) is 0 Å². The zero-order valence-corrected chi connectivity index (χ0v) is 14.5. The quantitative estimate of drug-likeness (QED) is 0.382. The van der Waals surface area contributed by atoms with Crippen molar-refractivity contribution in [1.29, 1.82) is 0 Å². The molecule has 0 aliphatic rings. The molecule has 0 aromatic heterocycles. The number of methoxy groups -OCH3 is 1. The SMILES string of the molecule is COc1ccc(N/N=C(/Sc2ccc(C)cc2C)C(C)=O)cc1. The van der Waals surface area contributed by atoms with Crippen molar-refractivity contribution in [3.8, 4) is 5.75 Å². The summed E-state index contributed by atoms with van der Waals surface area (Å²) >= 11 is 1.37.